The fourth-order valence-electron chi connectivity index (χ4n) is 0.136. The van der Waals surface area contributed by atoms with Crippen LogP contribution in [0.25, 0.3) is 0 Å². The van der Waals surface area contributed by atoms with Crippen molar-refractivity contribution < 1.29 is 55.9 Å². The van der Waals surface area contributed by atoms with Crippen LogP contribution in [0.5, 0.6) is 0 Å². The van der Waals surface area contributed by atoms with Crippen LogP contribution in [-0.4, -0.2) is 10.4 Å². The van der Waals surface area contributed by atoms with Gasteiger partial charge in [-0.3, -0.25) is 0 Å². The summed E-state index contributed by atoms with van der Waals surface area (Å²) in [7, 11) is 0. The molecule has 0 radical (unpaired) electrons. The van der Waals surface area contributed by atoms with Crippen LogP contribution in [0.1, 0.15) is 0 Å². The van der Waals surface area contributed by atoms with Crippen LogP contribution in [0, 0.1) is 7.43 Å². The van der Waals surface area contributed by atoms with E-state index >= 15 is 0 Å². The quantitative estimate of drug-likeness (QED) is 0.284. The average molecular weight is 124 g/mol. The van der Waals surface area contributed by atoms with E-state index in [0.717, 1.165) is 0 Å². The van der Waals surface area contributed by atoms with Gasteiger partial charge >= 0.3 is 51.4 Å². The maximum Gasteiger partial charge on any atom is 1.00 e. The molecule has 0 aliphatic heterocycles. The summed E-state index contributed by atoms with van der Waals surface area (Å²) in [5.74, 6) is 0. The molecule has 0 amide bonds. The van der Waals surface area contributed by atoms with Gasteiger partial charge in [0, 0.05) is 5.27 Å². The molecule has 0 aliphatic carbocycles. The average Bonchev–Trinajstić information content (AvgIpc) is 1.76. The van der Waals surface area contributed by atoms with E-state index in [1.807, 2.05) is 0 Å². The fraction of sp³-hybridized carbons (Fsp3) is 0. The number of aromatic nitrogens is 2. The van der Waals surface area contributed by atoms with E-state index < -0.39 is 0 Å². The van der Waals surface area contributed by atoms with Crippen molar-refractivity contribution in [2.24, 2.45) is 0 Å². The second-order valence-corrected chi connectivity index (χ2v) is 0.588. The molecule has 0 aromatic carbocycles. The summed E-state index contributed by atoms with van der Waals surface area (Å²) in [6, 6.07) is 0. The van der Waals surface area contributed by atoms with E-state index in [9.17, 15) is 0 Å². The first-order valence-electron chi connectivity index (χ1n) is 1.21. The summed E-state index contributed by atoms with van der Waals surface area (Å²) < 4.78 is 4.22. The molecule has 0 aliphatic rings. The molecule has 0 atom stereocenters. The first-order chi connectivity index (χ1) is 2.50. The normalized spacial score (nSPS) is 5.71. The van der Waals surface area contributed by atoms with Crippen molar-refractivity contribution >= 4 is 0 Å². The van der Waals surface area contributed by atoms with Crippen molar-refractivity contribution in [3.8, 4) is 0 Å². The van der Waals surface area contributed by atoms with Gasteiger partial charge in [-0.2, -0.15) is 0 Å². The molecular formula is C3H5KN2O. The van der Waals surface area contributed by atoms with Gasteiger partial charge in [-0.05, 0) is 0 Å². The van der Waals surface area contributed by atoms with Crippen molar-refractivity contribution in [1.29, 1.82) is 0 Å². The second-order valence-electron chi connectivity index (χ2n) is 0.588. The van der Waals surface area contributed by atoms with Crippen molar-refractivity contribution in [1.82, 2.24) is 10.4 Å². The van der Waals surface area contributed by atoms with Crippen LogP contribution in [0.2, 0.25) is 0 Å². The van der Waals surface area contributed by atoms with Gasteiger partial charge in [0.1, 0.15) is 6.26 Å². The summed E-state index contributed by atoms with van der Waals surface area (Å²) in [4.78, 5) is 0. The van der Waals surface area contributed by atoms with Gasteiger partial charge in [-0.15, -0.1) is 5.10 Å². The first-order valence-corrected chi connectivity index (χ1v) is 1.21. The largest absolute Gasteiger partial charge is 1.00 e. The Balaban J connectivity index is 0. The van der Waals surface area contributed by atoms with Crippen molar-refractivity contribution in [2.75, 3.05) is 0 Å². The number of nitrogens with zero attached hydrogens (tertiary/aromatic N) is 2. The summed E-state index contributed by atoms with van der Waals surface area (Å²) in [6.45, 7) is 0. The van der Waals surface area contributed by atoms with Crippen LogP contribution in [0.15, 0.2) is 17.0 Å². The van der Waals surface area contributed by atoms with Gasteiger partial charge in [0.15, 0.2) is 0 Å². The van der Waals surface area contributed by atoms with Crippen LogP contribution in [-0.2, 0) is 0 Å². The maximum atomic E-state index is 4.22. The monoisotopic (exact) mass is 124 g/mol. The van der Waals surface area contributed by atoms with E-state index in [-0.39, 0.29) is 58.8 Å². The summed E-state index contributed by atoms with van der Waals surface area (Å²) in [5, 5.41) is 6.40. The fourth-order valence-corrected chi connectivity index (χ4v) is 0.136. The molecule has 0 saturated carbocycles. The van der Waals surface area contributed by atoms with Gasteiger partial charge in [-0.1, -0.05) is 0 Å². The zero-order valence-electron chi connectivity index (χ0n) is 4.46. The minimum atomic E-state index is 0. The van der Waals surface area contributed by atoms with Gasteiger partial charge in [0.25, 0.3) is 0 Å². The predicted octanol–water partition coefficient (Wildman–Crippen LogP) is -2.48. The molecule has 3 nitrogen and oxygen atoms in total. The smallest absolute Gasteiger partial charge is 0.358 e. The third kappa shape index (κ3) is 4.63. The standard InChI is InChI=1S/C2H2N2O.CH3.K/c1-2-5-4-3-1;;/h1-2H;1H3;/q;-1;+1. The Labute approximate surface area is 84.9 Å². The summed E-state index contributed by atoms with van der Waals surface area (Å²) in [6.07, 6.45) is 2.88. The van der Waals surface area contributed by atoms with E-state index in [0.29, 0.717) is 0 Å². The first kappa shape index (κ1) is 10.7. The molecule has 0 N–H and O–H groups in total. The summed E-state index contributed by atoms with van der Waals surface area (Å²) >= 11 is 0. The Morgan fingerprint density at radius 1 is 1.43 bits per heavy atom. The molecule has 1 aromatic rings. The minimum Gasteiger partial charge on any atom is -0.358 e. The van der Waals surface area contributed by atoms with Gasteiger partial charge in [0.05, 0.1) is 6.20 Å². The van der Waals surface area contributed by atoms with Crippen LogP contribution in [0.3, 0.4) is 0 Å². The van der Waals surface area contributed by atoms with Crippen LogP contribution in [0.4, 0.5) is 0 Å². The molecule has 1 heterocycles. The Kier molecular flexibility index (Phi) is 10.4. The third-order valence-electron chi connectivity index (χ3n) is 0.283. The molecule has 0 bridgehead atoms. The molecule has 1 aromatic heterocycles. The molecule has 7 heavy (non-hydrogen) atoms. The Hall–Kier alpha value is 0.776. The Morgan fingerprint density at radius 3 is 2.29 bits per heavy atom. The van der Waals surface area contributed by atoms with Crippen molar-refractivity contribution in [2.45, 2.75) is 0 Å². The Bertz CT molecular complexity index is 69.4. The number of hydrogen-bond acceptors (Lipinski definition) is 3. The van der Waals surface area contributed by atoms with Crippen LogP contribution >= 0.6 is 0 Å². The minimum absolute atomic E-state index is 0. The van der Waals surface area contributed by atoms with Crippen LogP contribution < -0.4 is 51.4 Å². The molecule has 4 heteroatoms. The molecule has 0 unspecified atom stereocenters. The SMILES string of the molecule is [CH3-].[K+].c1conn1. The molecule has 1 rings (SSSR count). The molecule has 0 saturated heterocycles. The summed E-state index contributed by atoms with van der Waals surface area (Å²) in [5.41, 5.74) is 0. The molecular weight excluding hydrogens is 119 g/mol. The van der Waals surface area contributed by atoms with E-state index in [2.05, 4.69) is 14.9 Å². The van der Waals surface area contributed by atoms with E-state index in [1.54, 1.807) is 0 Å². The van der Waals surface area contributed by atoms with Gasteiger partial charge in [0.2, 0.25) is 0 Å². The third-order valence-corrected chi connectivity index (χ3v) is 0.283. The van der Waals surface area contributed by atoms with Gasteiger partial charge in [-0.25, -0.2) is 0 Å². The van der Waals surface area contributed by atoms with E-state index in [1.165, 1.54) is 12.5 Å². The molecule has 0 spiro atoms. The molecule has 34 valence electrons. The Morgan fingerprint density at radius 2 is 2.14 bits per heavy atom. The van der Waals surface area contributed by atoms with Crippen molar-refractivity contribution in [3.63, 3.8) is 0 Å². The van der Waals surface area contributed by atoms with Gasteiger partial charge < -0.3 is 11.9 Å². The van der Waals surface area contributed by atoms with Crippen molar-refractivity contribution in [3.05, 3.63) is 19.9 Å². The number of rotatable bonds is 0. The molecule has 0 fully saturated rings. The number of hydrogen-bond donors (Lipinski definition) is 0. The van der Waals surface area contributed by atoms with E-state index in [4.69, 9.17) is 0 Å². The zero-order valence-corrected chi connectivity index (χ0v) is 7.58. The predicted molar refractivity (Wildman–Crippen MR) is 20.7 cm³/mol. The topological polar surface area (TPSA) is 38.9 Å². The zero-order chi connectivity index (χ0) is 3.54. The second kappa shape index (κ2) is 6.78. The maximum absolute atomic E-state index is 4.22.